The van der Waals surface area contributed by atoms with Crippen LogP contribution in [0.5, 0.6) is 11.5 Å². The van der Waals surface area contributed by atoms with Crippen LogP contribution >= 0.6 is 0 Å². The molecule has 6 nitrogen and oxygen atoms in total. The average Bonchev–Trinajstić information content (AvgIpc) is 3.10. The summed E-state index contributed by atoms with van der Waals surface area (Å²) in [5, 5.41) is 11.4. The SMILES string of the molecule is COc1ccccc1N1C(=O)C(=O)/C(=C(\O)c2ccc(OC(C)C)c(C)c2)C1c1cccc(C)c1. The lowest BCUT2D eigenvalue weighted by Crippen LogP contribution is -2.29. The van der Waals surface area contributed by atoms with E-state index in [-0.39, 0.29) is 17.4 Å². The fourth-order valence-corrected chi connectivity index (χ4v) is 4.40. The molecule has 0 saturated carbocycles. The van der Waals surface area contributed by atoms with Crippen molar-refractivity contribution < 1.29 is 24.2 Å². The molecule has 3 aromatic rings. The number of rotatable bonds is 6. The number of benzene rings is 3. The van der Waals surface area contributed by atoms with Crippen molar-refractivity contribution in [2.45, 2.75) is 39.8 Å². The maximum atomic E-state index is 13.4. The van der Waals surface area contributed by atoms with Gasteiger partial charge in [0.25, 0.3) is 11.7 Å². The topological polar surface area (TPSA) is 76.1 Å². The minimum absolute atomic E-state index is 0.000597. The van der Waals surface area contributed by atoms with E-state index in [0.29, 0.717) is 28.3 Å². The van der Waals surface area contributed by atoms with E-state index in [4.69, 9.17) is 9.47 Å². The van der Waals surface area contributed by atoms with Gasteiger partial charge in [0.1, 0.15) is 17.3 Å². The van der Waals surface area contributed by atoms with Gasteiger partial charge in [0.05, 0.1) is 30.5 Å². The van der Waals surface area contributed by atoms with Crippen LogP contribution in [-0.4, -0.2) is 30.0 Å². The molecule has 4 rings (SSSR count). The number of ketones is 1. The Kier molecular flexibility index (Phi) is 6.65. The summed E-state index contributed by atoms with van der Waals surface area (Å²) in [6.07, 6.45) is 0.000597. The first-order valence-electron chi connectivity index (χ1n) is 11.5. The summed E-state index contributed by atoms with van der Waals surface area (Å²) < 4.78 is 11.3. The molecular formula is C29H29NO5. The average molecular weight is 472 g/mol. The normalized spacial score (nSPS) is 17.2. The number of ether oxygens (including phenoxy) is 2. The highest BCUT2D eigenvalue weighted by Crippen LogP contribution is 2.45. The fraction of sp³-hybridized carbons (Fsp3) is 0.241. The van der Waals surface area contributed by atoms with Gasteiger partial charge in [-0.1, -0.05) is 42.0 Å². The Morgan fingerprint density at radius 2 is 1.69 bits per heavy atom. The Labute approximate surface area is 205 Å². The Hall–Kier alpha value is -4.06. The molecule has 35 heavy (non-hydrogen) atoms. The third-order valence-corrected chi connectivity index (χ3v) is 5.96. The van der Waals surface area contributed by atoms with Crippen LogP contribution in [-0.2, 0) is 9.59 Å². The van der Waals surface area contributed by atoms with Gasteiger partial charge in [-0.2, -0.15) is 0 Å². The highest BCUT2D eigenvalue weighted by Gasteiger charge is 2.47. The van der Waals surface area contributed by atoms with Gasteiger partial charge in [-0.15, -0.1) is 0 Å². The van der Waals surface area contributed by atoms with Crippen LogP contribution < -0.4 is 14.4 Å². The van der Waals surface area contributed by atoms with Crippen molar-refractivity contribution >= 4 is 23.1 Å². The number of aryl methyl sites for hydroxylation is 2. The van der Waals surface area contributed by atoms with E-state index in [9.17, 15) is 14.7 Å². The molecule has 0 bridgehead atoms. The molecule has 1 amide bonds. The lowest BCUT2D eigenvalue weighted by Gasteiger charge is -2.27. The van der Waals surface area contributed by atoms with E-state index >= 15 is 0 Å². The van der Waals surface area contributed by atoms with Crippen molar-refractivity contribution in [1.82, 2.24) is 0 Å². The smallest absolute Gasteiger partial charge is 0.300 e. The quantitative estimate of drug-likeness (QED) is 0.282. The van der Waals surface area contributed by atoms with Crippen LogP contribution in [0.15, 0.2) is 72.3 Å². The van der Waals surface area contributed by atoms with Gasteiger partial charge in [0.15, 0.2) is 0 Å². The van der Waals surface area contributed by atoms with Crippen LogP contribution in [0.3, 0.4) is 0 Å². The van der Waals surface area contributed by atoms with E-state index in [0.717, 1.165) is 11.1 Å². The first kappa shape index (κ1) is 24.1. The lowest BCUT2D eigenvalue weighted by molar-refractivity contribution is -0.132. The molecule has 1 aliphatic rings. The molecule has 0 aliphatic carbocycles. The second kappa shape index (κ2) is 9.66. The zero-order valence-corrected chi connectivity index (χ0v) is 20.5. The first-order valence-corrected chi connectivity index (χ1v) is 11.5. The summed E-state index contributed by atoms with van der Waals surface area (Å²) >= 11 is 0. The molecule has 6 heteroatoms. The molecule has 1 unspecified atom stereocenters. The third kappa shape index (κ3) is 4.52. The fourth-order valence-electron chi connectivity index (χ4n) is 4.40. The summed E-state index contributed by atoms with van der Waals surface area (Å²) in [5.41, 5.74) is 3.43. The molecule has 0 spiro atoms. The summed E-state index contributed by atoms with van der Waals surface area (Å²) in [6.45, 7) is 7.69. The minimum atomic E-state index is -0.821. The molecule has 1 fully saturated rings. The lowest BCUT2D eigenvalue weighted by atomic mass is 9.93. The maximum Gasteiger partial charge on any atom is 0.300 e. The second-order valence-electron chi connectivity index (χ2n) is 8.90. The van der Waals surface area contributed by atoms with Crippen molar-refractivity contribution in [2.75, 3.05) is 12.0 Å². The monoisotopic (exact) mass is 471 g/mol. The van der Waals surface area contributed by atoms with Gasteiger partial charge in [-0.05, 0) is 69.2 Å². The Balaban J connectivity index is 1.93. The molecule has 1 heterocycles. The van der Waals surface area contributed by atoms with E-state index in [2.05, 4.69) is 0 Å². The Morgan fingerprint density at radius 3 is 2.34 bits per heavy atom. The zero-order chi connectivity index (χ0) is 25.3. The van der Waals surface area contributed by atoms with E-state index in [1.807, 2.05) is 52.0 Å². The van der Waals surface area contributed by atoms with Gasteiger partial charge in [0.2, 0.25) is 0 Å². The number of amides is 1. The van der Waals surface area contributed by atoms with Crippen molar-refractivity contribution in [3.05, 3.63) is 94.6 Å². The van der Waals surface area contributed by atoms with E-state index in [1.54, 1.807) is 42.5 Å². The standard InChI is InChI=1S/C29H29NO5/c1-17(2)35-23-14-13-21(16-19(23)4)27(31)25-26(20-10-8-9-18(3)15-20)30(29(33)28(25)32)22-11-6-7-12-24(22)34-5/h6-17,26,31H,1-5H3/b27-25-. The van der Waals surface area contributed by atoms with Crippen LogP contribution in [0.4, 0.5) is 5.69 Å². The van der Waals surface area contributed by atoms with E-state index in [1.165, 1.54) is 12.0 Å². The van der Waals surface area contributed by atoms with Gasteiger partial charge < -0.3 is 14.6 Å². The number of carbonyl (C=O) groups excluding carboxylic acids is 2. The number of hydrogen-bond acceptors (Lipinski definition) is 5. The largest absolute Gasteiger partial charge is 0.507 e. The Bertz CT molecular complexity index is 1320. The molecule has 0 radical (unpaired) electrons. The van der Waals surface area contributed by atoms with E-state index < -0.39 is 17.7 Å². The number of carbonyl (C=O) groups is 2. The molecule has 1 N–H and O–H groups in total. The number of para-hydroxylation sites is 2. The van der Waals surface area contributed by atoms with Crippen LogP contribution in [0.25, 0.3) is 5.76 Å². The number of aliphatic hydroxyl groups is 1. The maximum absolute atomic E-state index is 13.4. The van der Waals surface area contributed by atoms with Crippen molar-refractivity contribution in [3.63, 3.8) is 0 Å². The molecule has 1 aliphatic heterocycles. The summed E-state index contributed by atoms with van der Waals surface area (Å²) in [4.78, 5) is 28.2. The highest BCUT2D eigenvalue weighted by atomic mass is 16.5. The van der Waals surface area contributed by atoms with Crippen molar-refractivity contribution in [2.24, 2.45) is 0 Å². The predicted octanol–water partition coefficient (Wildman–Crippen LogP) is 5.73. The zero-order valence-electron chi connectivity index (χ0n) is 20.5. The number of Topliss-reactive ketones (excluding diaryl/α,β-unsaturated/α-hetero) is 1. The van der Waals surface area contributed by atoms with Crippen molar-refractivity contribution in [3.8, 4) is 11.5 Å². The summed E-state index contributed by atoms with van der Waals surface area (Å²) in [6, 6.07) is 19.0. The van der Waals surface area contributed by atoms with Crippen LogP contribution in [0, 0.1) is 13.8 Å². The first-order chi connectivity index (χ1) is 16.7. The number of hydrogen-bond donors (Lipinski definition) is 1. The Morgan fingerprint density at radius 1 is 0.943 bits per heavy atom. The number of aliphatic hydroxyl groups excluding tert-OH is 1. The number of nitrogens with zero attached hydrogens (tertiary/aromatic N) is 1. The molecular weight excluding hydrogens is 442 g/mol. The summed E-state index contributed by atoms with van der Waals surface area (Å²) in [5.74, 6) is -0.551. The molecule has 3 aromatic carbocycles. The second-order valence-corrected chi connectivity index (χ2v) is 8.90. The summed E-state index contributed by atoms with van der Waals surface area (Å²) in [7, 11) is 1.51. The van der Waals surface area contributed by atoms with Crippen LogP contribution in [0.1, 0.15) is 42.1 Å². The number of methoxy groups -OCH3 is 1. The van der Waals surface area contributed by atoms with Crippen molar-refractivity contribution in [1.29, 1.82) is 0 Å². The molecule has 180 valence electrons. The minimum Gasteiger partial charge on any atom is -0.507 e. The van der Waals surface area contributed by atoms with Gasteiger partial charge in [-0.25, -0.2) is 0 Å². The van der Waals surface area contributed by atoms with Gasteiger partial charge in [-0.3, -0.25) is 14.5 Å². The predicted molar refractivity (Wildman–Crippen MR) is 136 cm³/mol. The van der Waals surface area contributed by atoms with Gasteiger partial charge in [0, 0.05) is 5.56 Å². The highest BCUT2D eigenvalue weighted by molar-refractivity contribution is 6.51. The molecule has 1 atom stereocenters. The third-order valence-electron chi connectivity index (χ3n) is 5.96. The van der Waals surface area contributed by atoms with Gasteiger partial charge >= 0.3 is 0 Å². The molecule has 1 saturated heterocycles. The molecule has 0 aromatic heterocycles. The van der Waals surface area contributed by atoms with Crippen LogP contribution in [0.2, 0.25) is 0 Å². The number of anilines is 1.